The number of aliphatic hydroxyl groups excluding tert-OH is 2. The van der Waals surface area contributed by atoms with Gasteiger partial charge in [0.25, 0.3) is 0 Å². The lowest BCUT2D eigenvalue weighted by Gasteiger charge is -2.36. The molecule has 3 N–H and O–H groups in total. The van der Waals surface area contributed by atoms with Gasteiger partial charge in [-0.25, -0.2) is 0 Å². The molecular weight excluding hydrogens is 344 g/mol. The average Bonchev–Trinajstić information content (AvgIpc) is 3.23. The van der Waals surface area contributed by atoms with E-state index in [1.807, 2.05) is 24.3 Å². The SMILES string of the molecule is OC[C@@H]1C[C@H](O)CCN1CCCCCCNc1ccc(-n2ncnn2)cc1. The molecule has 1 saturated heterocycles. The van der Waals surface area contributed by atoms with Crippen molar-refractivity contribution in [3.8, 4) is 5.69 Å². The highest BCUT2D eigenvalue weighted by atomic mass is 16.3. The zero-order valence-corrected chi connectivity index (χ0v) is 15.7. The predicted octanol–water partition coefficient (Wildman–Crippen LogP) is 1.45. The summed E-state index contributed by atoms with van der Waals surface area (Å²) in [7, 11) is 0. The van der Waals surface area contributed by atoms with Gasteiger partial charge >= 0.3 is 0 Å². The fourth-order valence-corrected chi connectivity index (χ4v) is 3.59. The fraction of sp³-hybridized carbons (Fsp3) is 0.632. The van der Waals surface area contributed by atoms with Crippen LogP contribution in [0.3, 0.4) is 0 Å². The standard InChI is InChI=1S/C19H30N6O2/c26-14-18-13-19(27)9-12-24(18)11-4-2-1-3-10-20-16-5-7-17(8-6-16)25-22-15-21-23-25/h5-8,15,18-20,26-27H,1-4,9-14H2/t18-,19+/m0/s1. The average molecular weight is 374 g/mol. The Hall–Kier alpha value is -2.03. The maximum atomic E-state index is 9.70. The third kappa shape index (κ3) is 5.98. The van der Waals surface area contributed by atoms with Gasteiger partial charge in [-0.2, -0.15) is 0 Å². The van der Waals surface area contributed by atoms with E-state index in [1.54, 1.807) is 0 Å². The first-order chi connectivity index (χ1) is 13.3. The molecule has 0 bridgehead atoms. The van der Waals surface area contributed by atoms with Gasteiger partial charge in [0.1, 0.15) is 0 Å². The van der Waals surface area contributed by atoms with Gasteiger partial charge in [-0.15, -0.1) is 15.0 Å². The number of anilines is 1. The van der Waals surface area contributed by atoms with Crippen molar-refractivity contribution in [2.24, 2.45) is 0 Å². The summed E-state index contributed by atoms with van der Waals surface area (Å²) in [4.78, 5) is 3.82. The van der Waals surface area contributed by atoms with Crippen LogP contribution in [-0.4, -0.2) is 73.7 Å². The Balaban J connectivity index is 1.26. The summed E-state index contributed by atoms with van der Waals surface area (Å²) in [6.45, 7) is 3.01. The highest BCUT2D eigenvalue weighted by Crippen LogP contribution is 2.18. The van der Waals surface area contributed by atoms with Gasteiger partial charge in [-0.1, -0.05) is 12.8 Å². The molecule has 27 heavy (non-hydrogen) atoms. The van der Waals surface area contributed by atoms with Gasteiger partial charge in [0.15, 0.2) is 6.33 Å². The number of benzene rings is 1. The van der Waals surface area contributed by atoms with E-state index in [0.29, 0.717) is 6.42 Å². The second-order valence-corrected chi connectivity index (χ2v) is 7.16. The fourth-order valence-electron chi connectivity index (χ4n) is 3.59. The van der Waals surface area contributed by atoms with E-state index in [-0.39, 0.29) is 18.8 Å². The van der Waals surface area contributed by atoms with E-state index >= 15 is 0 Å². The molecule has 2 aromatic rings. The first kappa shape index (κ1) is 19.7. The molecule has 3 rings (SSSR count). The molecule has 2 heterocycles. The third-order valence-electron chi connectivity index (χ3n) is 5.17. The van der Waals surface area contributed by atoms with Crippen LogP contribution in [0.2, 0.25) is 0 Å². The second-order valence-electron chi connectivity index (χ2n) is 7.16. The summed E-state index contributed by atoms with van der Waals surface area (Å²) in [5, 5.41) is 34.2. The highest BCUT2D eigenvalue weighted by Gasteiger charge is 2.25. The number of nitrogens with one attached hydrogen (secondary N) is 1. The predicted molar refractivity (Wildman–Crippen MR) is 104 cm³/mol. The summed E-state index contributed by atoms with van der Waals surface area (Å²) in [6, 6.07) is 8.12. The minimum Gasteiger partial charge on any atom is -0.395 e. The second kappa shape index (κ2) is 10.3. The molecule has 0 radical (unpaired) electrons. The van der Waals surface area contributed by atoms with Crippen LogP contribution in [0.25, 0.3) is 5.69 Å². The molecule has 8 heteroatoms. The maximum Gasteiger partial charge on any atom is 0.162 e. The molecule has 0 aliphatic carbocycles. The number of likely N-dealkylation sites (tertiary alicyclic amines) is 1. The van der Waals surface area contributed by atoms with Gasteiger partial charge < -0.3 is 15.5 Å². The Morgan fingerprint density at radius 3 is 2.67 bits per heavy atom. The quantitative estimate of drug-likeness (QED) is 0.541. The van der Waals surface area contributed by atoms with Crippen molar-refractivity contribution in [3.05, 3.63) is 30.6 Å². The van der Waals surface area contributed by atoms with Crippen LogP contribution in [0.4, 0.5) is 5.69 Å². The molecule has 1 aromatic heterocycles. The number of hydrogen-bond donors (Lipinski definition) is 3. The minimum atomic E-state index is -0.244. The number of rotatable bonds is 10. The maximum absolute atomic E-state index is 9.70. The number of nitrogens with zero attached hydrogens (tertiary/aromatic N) is 5. The highest BCUT2D eigenvalue weighted by molar-refractivity contribution is 5.47. The zero-order valence-electron chi connectivity index (χ0n) is 15.7. The van der Waals surface area contributed by atoms with Gasteiger partial charge in [0, 0.05) is 24.8 Å². The Kier molecular flexibility index (Phi) is 7.55. The smallest absolute Gasteiger partial charge is 0.162 e. The largest absolute Gasteiger partial charge is 0.395 e. The number of aromatic nitrogens is 4. The molecule has 0 amide bonds. The molecule has 2 atom stereocenters. The van der Waals surface area contributed by atoms with E-state index < -0.39 is 0 Å². The van der Waals surface area contributed by atoms with Gasteiger partial charge in [0.2, 0.25) is 0 Å². The van der Waals surface area contributed by atoms with Crippen LogP contribution >= 0.6 is 0 Å². The third-order valence-corrected chi connectivity index (χ3v) is 5.17. The van der Waals surface area contributed by atoms with Crippen molar-refractivity contribution in [1.82, 2.24) is 25.1 Å². The summed E-state index contributed by atoms with van der Waals surface area (Å²) < 4.78 is 0. The molecule has 0 unspecified atom stereocenters. The topological polar surface area (TPSA) is 99.3 Å². The lowest BCUT2D eigenvalue weighted by molar-refractivity contribution is 0.0163. The normalized spacial score (nSPS) is 20.7. The van der Waals surface area contributed by atoms with Crippen molar-refractivity contribution in [2.75, 3.05) is 31.6 Å². The van der Waals surface area contributed by atoms with Crippen molar-refractivity contribution in [1.29, 1.82) is 0 Å². The monoisotopic (exact) mass is 374 g/mol. The molecule has 1 fully saturated rings. The van der Waals surface area contributed by atoms with Crippen LogP contribution in [-0.2, 0) is 0 Å². The molecule has 1 aromatic carbocycles. The van der Waals surface area contributed by atoms with Crippen molar-refractivity contribution in [2.45, 2.75) is 50.7 Å². The van der Waals surface area contributed by atoms with E-state index in [9.17, 15) is 10.2 Å². The van der Waals surface area contributed by atoms with E-state index in [4.69, 9.17) is 0 Å². The van der Waals surface area contributed by atoms with Crippen LogP contribution < -0.4 is 5.32 Å². The molecule has 148 valence electrons. The van der Waals surface area contributed by atoms with Crippen molar-refractivity contribution < 1.29 is 10.2 Å². The summed E-state index contributed by atoms with van der Waals surface area (Å²) >= 11 is 0. The van der Waals surface area contributed by atoms with E-state index in [0.717, 1.165) is 50.3 Å². The van der Waals surface area contributed by atoms with Crippen LogP contribution in [0.15, 0.2) is 30.6 Å². The van der Waals surface area contributed by atoms with Crippen LogP contribution in [0, 0.1) is 0 Å². The molecule has 1 aliphatic rings. The van der Waals surface area contributed by atoms with Gasteiger partial charge in [0.05, 0.1) is 18.4 Å². The molecular formula is C19H30N6O2. The molecule has 0 saturated carbocycles. The van der Waals surface area contributed by atoms with Crippen molar-refractivity contribution >= 4 is 5.69 Å². The number of tetrazole rings is 1. The first-order valence-corrected chi connectivity index (χ1v) is 9.86. The van der Waals surface area contributed by atoms with E-state index in [1.165, 1.54) is 24.0 Å². The zero-order chi connectivity index (χ0) is 18.9. The van der Waals surface area contributed by atoms with Gasteiger partial charge in [-0.3, -0.25) is 4.90 Å². The number of hydrogen-bond acceptors (Lipinski definition) is 7. The lowest BCUT2D eigenvalue weighted by atomic mass is 9.99. The van der Waals surface area contributed by atoms with Crippen LogP contribution in [0.5, 0.6) is 0 Å². The number of unbranched alkanes of at least 4 members (excludes halogenated alkanes) is 3. The number of aliphatic hydroxyl groups is 2. The lowest BCUT2D eigenvalue weighted by Crippen LogP contribution is -2.46. The Morgan fingerprint density at radius 2 is 1.93 bits per heavy atom. The number of piperidine rings is 1. The Bertz CT molecular complexity index is 649. The molecule has 8 nitrogen and oxygen atoms in total. The molecule has 0 spiro atoms. The molecule has 1 aliphatic heterocycles. The summed E-state index contributed by atoms with van der Waals surface area (Å²) in [6.07, 6.45) is 7.36. The van der Waals surface area contributed by atoms with Crippen LogP contribution in [0.1, 0.15) is 38.5 Å². The Morgan fingerprint density at radius 1 is 1.11 bits per heavy atom. The van der Waals surface area contributed by atoms with Crippen molar-refractivity contribution in [3.63, 3.8) is 0 Å². The van der Waals surface area contributed by atoms with Gasteiger partial charge in [-0.05, 0) is 61.7 Å². The first-order valence-electron chi connectivity index (χ1n) is 9.86. The Labute approximate surface area is 160 Å². The summed E-state index contributed by atoms with van der Waals surface area (Å²) in [5.41, 5.74) is 1.99. The summed E-state index contributed by atoms with van der Waals surface area (Å²) in [5.74, 6) is 0. The van der Waals surface area contributed by atoms with E-state index in [2.05, 4.69) is 25.6 Å². The minimum absolute atomic E-state index is 0.131.